The lowest BCUT2D eigenvalue weighted by molar-refractivity contribution is 1.01. The lowest BCUT2D eigenvalue weighted by atomic mass is 10.00. The molecule has 0 saturated heterocycles. The summed E-state index contributed by atoms with van der Waals surface area (Å²) in [5.74, 6) is 0. The maximum absolute atomic E-state index is 4.60. The number of hydrogen-bond acceptors (Lipinski definition) is 3. The Kier molecular flexibility index (Phi) is 1.61. The van der Waals surface area contributed by atoms with Gasteiger partial charge in [-0.2, -0.15) is 0 Å². The monoisotopic (exact) mass is 219 g/mol. The van der Waals surface area contributed by atoms with Gasteiger partial charge >= 0.3 is 0 Å². The van der Waals surface area contributed by atoms with Crippen molar-refractivity contribution in [3.8, 4) is 11.1 Å². The van der Waals surface area contributed by atoms with E-state index in [4.69, 9.17) is 0 Å². The van der Waals surface area contributed by atoms with Crippen molar-refractivity contribution in [2.75, 3.05) is 0 Å². The molecular weight excluding hydrogens is 210 g/mol. The molecule has 3 heteroatoms. The topological polar surface area (TPSA) is 37.6 Å². The number of aliphatic imine (C=N–C) groups is 1. The molecule has 4 rings (SSSR count). The summed E-state index contributed by atoms with van der Waals surface area (Å²) in [6.07, 6.45) is 5.63. The Bertz CT molecular complexity index is 773. The molecule has 0 spiro atoms. The van der Waals surface area contributed by atoms with Gasteiger partial charge in [0.1, 0.15) is 0 Å². The fourth-order valence-electron chi connectivity index (χ4n) is 2.42. The summed E-state index contributed by atoms with van der Waals surface area (Å²) in [6, 6.07) is 8.21. The van der Waals surface area contributed by atoms with Gasteiger partial charge in [0.15, 0.2) is 0 Å². The minimum atomic E-state index is 0.700. The molecule has 17 heavy (non-hydrogen) atoms. The Morgan fingerprint density at radius 3 is 3.06 bits per heavy atom. The summed E-state index contributed by atoms with van der Waals surface area (Å²) in [5, 5.41) is 1.99. The first-order chi connectivity index (χ1) is 8.43. The van der Waals surface area contributed by atoms with Crippen LogP contribution in [0.4, 0.5) is 5.69 Å². The van der Waals surface area contributed by atoms with Crippen LogP contribution in [0.3, 0.4) is 0 Å². The number of rotatable bonds is 0. The van der Waals surface area contributed by atoms with E-state index in [1.165, 1.54) is 16.7 Å². The molecular formula is C14H9N3. The number of para-hydroxylation sites is 1. The van der Waals surface area contributed by atoms with Crippen molar-refractivity contribution in [3.05, 3.63) is 46.7 Å². The predicted molar refractivity (Wildman–Crippen MR) is 66.8 cm³/mol. The van der Waals surface area contributed by atoms with E-state index in [9.17, 15) is 0 Å². The third kappa shape index (κ3) is 1.13. The third-order valence-corrected chi connectivity index (χ3v) is 3.19. The van der Waals surface area contributed by atoms with E-state index in [1.807, 2.05) is 36.7 Å². The molecule has 0 atom stereocenters. The second-order valence-electron chi connectivity index (χ2n) is 4.17. The number of nitrogens with zero attached hydrogens (tertiary/aromatic N) is 3. The van der Waals surface area contributed by atoms with Crippen LogP contribution in [0.2, 0.25) is 0 Å². The van der Waals surface area contributed by atoms with Crippen molar-refractivity contribution in [1.29, 1.82) is 0 Å². The zero-order valence-electron chi connectivity index (χ0n) is 9.09. The summed E-state index contributed by atoms with van der Waals surface area (Å²) < 4.78 is 0. The molecule has 3 heterocycles. The molecule has 0 aliphatic carbocycles. The fraction of sp³-hybridized carbons (Fsp3) is 0.0714. The first-order valence-corrected chi connectivity index (χ1v) is 5.60. The molecule has 0 saturated carbocycles. The second kappa shape index (κ2) is 3.10. The van der Waals surface area contributed by atoms with Gasteiger partial charge in [-0.15, -0.1) is 0 Å². The number of benzene rings is 1. The zero-order valence-corrected chi connectivity index (χ0v) is 9.09. The van der Waals surface area contributed by atoms with Crippen LogP contribution in [-0.2, 0) is 6.54 Å². The molecule has 1 aromatic carbocycles. The lowest BCUT2D eigenvalue weighted by Crippen LogP contribution is -2.23. The number of pyridine rings is 1. The quantitative estimate of drug-likeness (QED) is 0.562. The second-order valence-corrected chi connectivity index (χ2v) is 4.17. The largest absolute Gasteiger partial charge is 0.288 e. The van der Waals surface area contributed by atoms with Gasteiger partial charge in [0, 0.05) is 22.9 Å². The first-order valence-electron chi connectivity index (χ1n) is 5.60. The van der Waals surface area contributed by atoms with Crippen LogP contribution >= 0.6 is 0 Å². The Labute approximate surface area is 97.9 Å². The highest BCUT2D eigenvalue weighted by Crippen LogP contribution is 2.33. The normalized spacial score (nSPS) is 14.4. The highest BCUT2D eigenvalue weighted by atomic mass is 14.8. The fourth-order valence-corrected chi connectivity index (χ4v) is 2.42. The first kappa shape index (κ1) is 8.82. The van der Waals surface area contributed by atoms with Gasteiger partial charge in [0.2, 0.25) is 0 Å². The van der Waals surface area contributed by atoms with Crippen LogP contribution in [0.25, 0.3) is 17.2 Å². The van der Waals surface area contributed by atoms with E-state index >= 15 is 0 Å². The average molecular weight is 219 g/mol. The zero-order chi connectivity index (χ0) is 11.2. The van der Waals surface area contributed by atoms with Crippen LogP contribution in [0, 0.1) is 0 Å². The van der Waals surface area contributed by atoms with E-state index in [1.54, 1.807) is 0 Å². The maximum Gasteiger partial charge on any atom is 0.0903 e. The molecule has 0 unspecified atom stereocenters. The van der Waals surface area contributed by atoms with Gasteiger partial charge in [-0.25, -0.2) is 4.99 Å². The predicted octanol–water partition coefficient (Wildman–Crippen LogP) is 1.38. The van der Waals surface area contributed by atoms with Crippen LogP contribution < -0.4 is 10.7 Å². The van der Waals surface area contributed by atoms with Crippen molar-refractivity contribution in [3.63, 3.8) is 0 Å². The Hall–Kier alpha value is -2.29. The number of hydrogen-bond donors (Lipinski definition) is 0. The molecule has 0 fully saturated rings. The summed E-state index contributed by atoms with van der Waals surface area (Å²) in [7, 11) is 0. The molecule has 1 aromatic heterocycles. The summed E-state index contributed by atoms with van der Waals surface area (Å²) in [5.41, 5.74) is 4.64. The molecule has 0 N–H and O–H groups in total. The van der Waals surface area contributed by atoms with Crippen LogP contribution in [-0.4, -0.2) is 11.2 Å². The average Bonchev–Trinajstić information content (AvgIpc) is 2.77. The molecule has 2 aliphatic heterocycles. The van der Waals surface area contributed by atoms with E-state index in [0.29, 0.717) is 6.54 Å². The smallest absolute Gasteiger partial charge is 0.0903 e. The van der Waals surface area contributed by atoms with Crippen molar-refractivity contribution < 1.29 is 0 Å². The van der Waals surface area contributed by atoms with Crippen molar-refractivity contribution in [2.24, 2.45) is 9.98 Å². The van der Waals surface area contributed by atoms with Crippen LogP contribution in [0.1, 0.15) is 5.56 Å². The molecule has 2 aromatic rings. The Morgan fingerprint density at radius 2 is 2.06 bits per heavy atom. The summed E-state index contributed by atoms with van der Waals surface area (Å²) >= 11 is 0. The van der Waals surface area contributed by atoms with E-state index in [2.05, 4.69) is 21.0 Å². The van der Waals surface area contributed by atoms with Gasteiger partial charge in [0.05, 0.1) is 29.1 Å². The van der Waals surface area contributed by atoms with Crippen molar-refractivity contribution >= 4 is 18.0 Å². The van der Waals surface area contributed by atoms with E-state index in [-0.39, 0.29) is 0 Å². The molecule has 2 aliphatic rings. The number of aromatic nitrogens is 1. The third-order valence-electron chi connectivity index (χ3n) is 3.19. The van der Waals surface area contributed by atoms with Crippen molar-refractivity contribution in [2.45, 2.75) is 6.54 Å². The van der Waals surface area contributed by atoms with Gasteiger partial charge < -0.3 is 0 Å². The Balaban J connectivity index is 2.16. The highest BCUT2D eigenvalue weighted by molar-refractivity contribution is 5.93. The lowest BCUT2D eigenvalue weighted by Gasteiger charge is -2.07. The van der Waals surface area contributed by atoms with Crippen molar-refractivity contribution in [1.82, 2.24) is 4.98 Å². The molecule has 0 radical (unpaired) electrons. The molecule has 3 nitrogen and oxygen atoms in total. The van der Waals surface area contributed by atoms with Gasteiger partial charge in [-0.1, -0.05) is 18.2 Å². The van der Waals surface area contributed by atoms with Crippen LogP contribution in [0.5, 0.6) is 0 Å². The minimum Gasteiger partial charge on any atom is -0.288 e. The Morgan fingerprint density at radius 1 is 1.12 bits per heavy atom. The van der Waals surface area contributed by atoms with Crippen LogP contribution in [0.15, 0.2) is 40.4 Å². The van der Waals surface area contributed by atoms with E-state index in [0.717, 1.165) is 16.4 Å². The summed E-state index contributed by atoms with van der Waals surface area (Å²) in [4.78, 5) is 13.3. The minimum absolute atomic E-state index is 0.700. The van der Waals surface area contributed by atoms with Gasteiger partial charge in [-0.3, -0.25) is 9.98 Å². The maximum atomic E-state index is 4.60. The van der Waals surface area contributed by atoms with Gasteiger partial charge in [-0.05, 0) is 12.1 Å². The molecule has 0 bridgehead atoms. The highest BCUT2D eigenvalue weighted by Gasteiger charge is 2.18. The molecule has 0 amide bonds. The SMILES string of the molecule is C1=NCc2c3c(cnc2=C1)=Nc1ccccc1-3. The van der Waals surface area contributed by atoms with E-state index < -0.39 is 0 Å². The molecule has 80 valence electrons. The number of fused-ring (bicyclic) bond motifs is 5. The standard InChI is InChI=1S/C14H9N3/c1-2-4-12-9(3-1)14-10-7-15-6-5-11(10)16-8-13(14)17-12/h1-6,8H,7H2. The van der Waals surface area contributed by atoms with Gasteiger partial charge in [0.25, 0.3) is 0 Å². The summed E-state index contributed by atoms with van der Waals surface area (Å²) in [6.45, 7) is 0.700.